The van der Waals surface area contributed by atoms with Gasteiger partial charge < -0.3 is 15.4 Å². The van der Waals surface area contributed by atoms with Gasteiger partial charge in [0.2, 0.25) is 11.0 Å². The van der Waals surface area contributed by atoms with Crippen LogP contribution in [0.25, 0.3) is 0 Å². The summed E-state index contributed by atoms with van der Waals surface area (Å²) in [4.78, 5) is 13.9. The molecule has 1 atom stereocenters. The third-order valence-electron chi connectivity index (χ3n) is 3.31. The molecule has 7 heteroatoms. The summed E-state index contributed by atoms with van der Waals surface area (Å²) >= 11 is 1.35. The lowest BCUT2D eigenvalue weighted by atomic mass is 10.1. The smallest absolute Gasteiger partial charge is 0.227 e. The summed E-state index contributed by atoms with van der Waals surface area (Å²) in [7, 11) is 1.62. The third-order valence-corrected chi connectivity index (χ3v) is 4.23. The minimum Gasteiger partial charge on any atom is -0.497 e. The van der Waals surface area contributed by atoms with E-state index in [1.165, 1.54) is 11.3 Å². The van der Waals surface area contributed by atoms with Crippen LogP contribution < -0.4 is 15.4 Å². The second-order valence-corrected chi connectivity index (χ2v) is 5.62. The van der Waals surface area contributed by atoms with E-state index in [4.69, 9.17) is 10.5 Å². The molecule has 20 heavy (non-hydrogen) atoms. The van der Waals surface area contributed by atoms with Crippen LogP contribution in [0.2, 0.25) is 0 Å². The summed E-state index contributed by atoms with van der Waals surface area (Å²) in [6, 6.07) is 7.46. The Morgan fingerprint density at radius 3 is 2.70 bits per heavy atom. The predicted octanol–water partition coefficient (Wildman–Crippen LogP) is 1.65. The first-order chi connectivity index (χ1) is 9.67. The lowest BCUT2D eigenvalue weighted by molar-refractivity contribution is -0.117. The molecule has 3 rings (SSSR count). The van der Waals surface area contributed by atoms with Crippen molar-refractivity contribution in [1.82, 2.24) is 10.2 Å². The Bertz CT molecular complexity index is 626. The lowest BCUT2D eigenvalue weighted by Gasteiger charge is -2.16. The minimum absolute atomic E-state index is 0.0689. The van der Waals surface area contributed by atoms with Gasteiger partial charge in [-0.15, -0.1) is 10.2 Å². The first-order valence-corrected chi connectivity index (χ1v) is 7.02. The van der Waals surface area contributed by atoms with Gasteiger partial charge in [0.05, 0.1) is 7.11 Å². The second-order valence-electron chi connectivity index (χ2n) is 4.58. The molecule has 0 spiro atoms. The number of nitrogens with zero attached hydrogens (tertiary/aromatic N) is 3. The molecule has 1 aliphatic rings. The maximum absolute atomic E-state index is 12.1. The molecule has 6 nitrogen and oxygen atoms in total. The Hall–Kier alpha value is -2.15. The van der Waals surface area contributed by atoms with E-state index in [2.05, 4.69) is 10.2 Å². The maximum atomic E-state index is 12.1. The summed E-state index contributed by atoms with van der Waals surface area (Å²) in [5, 5.41) is 9.10. The van der Waals surface area contributed by atoms with Crippen LogP contribution in [0.5, 0.6) is 5.75 Å². The Balaban J connectivity index is 1.79. The number of aromatic nitrogens is 2. The fraction of sp³-hybridized carbons (Fsp3) is 0.308. The number of nitrogens with two attached hydrogens (primary N) is 1. The Morgan fingerprint density at radius 2 is 2.10 bits per heavy atom. The van der Waals surface area contributed by atoms with Crippen LogP contribution in [-0.4, -0.2) is 29.8 Å². The molecule has 1 fully saturated rings. The summed E-state index contributed by atoms with van der Waals surface area (Å²) in [6.07, 6.45) is 0.445. The molecule has 0 radical (unpaired) electrons. The number of hydrogen-bond donors (Lipinski definition) is 1. The zero-order chi connectivity index (χ0) is 14.1. The van der Waals surface area contributed by atoms with Crippen molar-refractivity contribution < 1.29 is 9.53 Å². The van der Waals surface area contributed by atoms with Crippen molar-refractivity contribution in [3.8, 4) is 5.75 Å². The molecule has 1 aromatic heterocycles. The van der Waals surface area contributed by atoms with E-state index < -0.39 is 0 Å². The number of amides is 1. The summed E-state index contributed by atoms with van der Waals surface area (Å²) in [6.45, 7) is 0.611. The number of rotatable bonds is 3. The first-order valence-electron chi connectivity index (χ1n) is 6.20. The summed E-state index contributed by atoms with van der Waals surface area (Å²) < 4.78 is 5.12. The van der Waals surface area contributed by atoms with Crippen molar-refractivity contribution in [2.24, 2.45) is 0 Å². The summed E-state index contributed by atoms with van der Waals surface area (Å²) in [5.74, 6) is 0.933. The highest BCUT2D eigenvalue weighted by Gasteiger charge is 2.33. The number of benzene rings is 1. The van der Waals surface area contributed by atoms with Gasteiger partial charge in [-0.05, 0) is 24.3 Å². The van der Waals surface area contributed by atoms with E-state index in [0.29, 0.717) is 18.1 Å². The van der Waals surface area contributed by atoms with Gasteiger partial charge in [-0.3, -0.25) is 4.79 Å². The van der Waals surface area contributed by atoms with Gasteiger partial charge in [0.1, 0.15) is 10.8 Å². The van der Waals surface area contributed by atoms with E-state index in [-0.39, 0.29) is 11.8 Å². The molecular formula is C13H14N4O2S. The second kappa shape index (κ2) is 5.09. The molecule has 1 amide bonds. The lowest BCUT2D eigenvalue weighted by Crippen LogP contribution is -2.24. The third kappa shape index (κ3) is 2.32. The average molecular weight is 290 g/mol. The minimum atomic E-state index is 0.0689. The number of hydrogen-bond acceptors (Lipinski definition) is 6. The van der Waals surface area contributed by atoms with Crippen molar-refractivity contribution in [1.29, 1.82) is 0 Å². The SMILES string of the molecule is COc1ccc(N2C[C@@H](c3nnc(N)s3)CC2=O)cc1. The molecule has 104 valence electrons. The molecule has 1 aliphatic heterocycles. The average Bonchev–Trinajstić information content (AvgIpc) is 3.05. The zero-order valence-electron chi connectivity index (χ0n) is 10.9. The van der Waals surface area contributed by atoms with Gasteiger partial charge in [0.15, 0.2) is 0 Å². The van der Waals surface area contributed by atoms with Crippen LogP contribution >= 0.6 is 11.3 Å². The number of methoxy groups -OCH3 is 1. The molecule has 0 bridgehead atoms. The molecule has 2 N–H and O–H groups in total. The highest BCUT2D eigenvalue weighted by molar-refractivity contribution is 7.15. The largest absolute Gasteiger partial charge is 0.497 e. The van der Waals surface area contributed by atoms with Crippen molar-refractivity contribution in [2.45, 2.75) is 12.3 Å². The number of carbonyl (C=O) groups excluding carboxylic acids is 1. The predicted molar refractivity (Wildman–Crippen MR) is 77.0 cm³/mol. The van der Waals surface area contributed by atoms with Gasteiger partial charge in [0.25, 0.3) is 0 Å². The van der Waals surface area contributed by atoms with Gasteiger partial charge in [-0.2, -0.15) is 0 Å². The fourth-order valence-electron chi connectivity index (χ4n) is 2.30. The zero-order valence-corrected chi connectivity index (χ0v) is 11.8. The number of anilines is 2. The van der Waals surface area contributed by atoms with E-state index in [1.807, 2.05) is 24.3 Å². The van der Waals surface area contributed by atoms with Crippen LogP contribution in [0, 0.1) is 0 Å². The van der Waals surface area contributed by atoms with E-state index in [9.17, 15) is 4.79 Å². The molecule has 0 aliphatic carbocycles. The van der Waals surface area contributed by atoms with Gasteiger partial charge in [-0.25, -0.2) is 0 Å². The van der Waals surface area contributed by atoms with E-state index >= 15 is 0 Å². The standard InChI is InChI=1S/C13H14N4O2S/c1-19-10-4-2-9(3-5-10)17-7-8(6-11(17)18)12-15-16-13(14)20-12/h2-5,8H,6-7H2,1H3,(H2,14,16)/t8-/m0/s1. The van der Waals surface area contributed by atoms with Crippen molar-refractivity contribution in [3.05, 3.63) is 29.3 Å². The van der Waals surface area contributed by atoms with E-state index in [1.54, 1.807) is 12.0 Å². The van der Waals surface area contributed by atoms with Crippen molar-refractivity contribution in [2.75, 3.05) is 24.3 Å². The molecule has 1 aromatic carbocycles. The Labute approximate surface area is 120 Å². The molecule has 2 aromatic rings. The summed E-state index contributed by atoms with van der Waals surface area (Å²) in [5.41, 5.74) is 6.46. The number of ether oxygens (including phenoxy) is 1. The molecular weight excluding hydrogens is 276 g/mol. The number of carbonyl (C=O) groups is 1. The van der Waals surface area contributed by atoms with E-state index in [0.717, 1.165) is 16.4 Å². The highest BCUT2D eigenvalue weighted by Crippen LogP contribution is 2.34. The fourth-order valence-corrected chi connectivity index (χ4v) is 3.00. The Kier molecular flexibility index (Phi) is 3.27. The van der Waals surface area contributed by atoms with Crippen molar-refractivity contribution >= 4 is 28.1 Å². The molecule has 0 saturated carbocycles. The van der Waals surface area contributed by atoms with Gasteiger partial charge >= 0.3 is 0 Å². The first kappa shape index (κ1) is 12.9. The molecule has 0 unspecified atom stereocenters. The quantitative estimate of drug-likeness (QED) is 0.929. The van der Waals surface area contributed by atoms with Crippen LogP contribution in [0.3, 0.4) is 0 Å². The van der Waals surface area contributed by atoms with Crippen molar-refractivity contribution in [3.63, 3.8) is 0 Å². The van der Waals surface area contributed by atoms with Crippen LogP contribution in [0.15, 0.2) is 24.3 Å². The molecule has 2 heterocycles. The highest BCUT2D eigenvalue weighted by atomic mass is 32.1. The topological polar surface area (TPSA) is 81.3 Å². The maximum Gasteiger partial charge on any atom is 0.227 e. The normalized spacial score (nSPS) is 18.6. The van der Waals surface area contributed by atoms with Crippen LogP contribution in [0.1, 0.15) is 17.3 Å². The van der Waals surface area contributed by atoms with Crippen LogP contribution in [-0.2, 0) is 4.79 Å². The Morgan fingerprint density at radius 1 is 1.35 bits per heavy atom. The number of nitrogen functional groups attached to an aromatic ring is 1. The molecule has 1 saturated heterocycles. The van der Waals surface area contributed by atoms with Gasteiger partial charge in [0, 0.05) is 24.6 Å². The monoisotopic (exact) mass is 290 g/mol. The van der Waals surface area contributed by atoms with Crippen LogP contribution in [0.4, 0.5) is 10.8 Å². The van der Waals surface area contributed by atoms with Gasteiger partial charge in [-0.1, -0.05) is 11.3 Å².